The molecule has 2 heterocycles. The van der Waals surface area contributed by atoms with Crippen LogP contribution in [0.4, 0.5) is 5.69 Å². The number of ether oxygens (including phenoxy) is 1. The zero-order chi connectivity index (χ0) is 15.3. The van der Waals surface area contributed by atoms with Gasteiger partial charge in [0.05, 0.1) is 28.8 Å². The summed E-state index contributed by atoms with van der Waals surface area (Å²) < 4.78 is 33.1. The van der Waals surface area contributed by atoms with E-state index in [1.165, 1.54) is 0 Å². The molecule has 5 nitrogen and oxygen atoms in total. The van der Waals surface area contributed by atoms with E-state index < -0.39 is 10.0 Å². The van der Waals surface area contributed by atoms with E-state index in [0.29, 0.717) is 22.5 Å². The summed E-state index contributed by atoms with van der Waals surface area (Å²) in [4.78, 5) is 4.57. The van der Waals surface area contributed by atoms with Crippen LogP contribution in [0.1, 0.15) is 0 Å². The number of rotatable bonds is 1. The van der Waals surface area contributed by atoms with Gasteiger partial charge in [-0.3, -0.25) is 9.71 Å². The molecule has 0 radical (unpaired) electrons. The maximum atomic E-state index is 12.5. The predicted octanol–water partition coefficient (Wildman–Crippen LogP) is 3.02. The minimum atomic E-state index is -3.62. The fourth-order valence-corrected chi connectivity index (χ4v) is 4.12. The lowest BCUT2D eigenvalue weighted by Gasteiger charge is -2.24. The SMILES string of the molecule is COc1cc2cccnc2c2c1-c1ccccc1S(=O)(=O)N2. The number of methoxy groups -OCH3 is 1. The van der Waals surface area contributed by atoms with Crippen LogP contribution in [-0.2, 0) is 10.0 Å². The van der Waals surface area contributed by atoms with E-state index >= 15 is 0 Å². The van der Waals surface area contributed by atoms with Gasteiger partial charge < -0.3 is 4.74 Å². The van der Waals surface area contributed by atoms with Crippen LogP contribution >= 0.6 is 0 Å². The molecule has 1 aromatic heterocycles. The maximum absolute atomic E-state index is 12.5. The normalized spacial score (nSPS) is 14.8. The van der Waals surface area contributed by atoms with Crippen LogP contribution in [0.2, 0.25) is 0 Å². The number of pyridine rings is 1. The monoisotopic (exact) mass is 312 g/mol. The average Bonchev–Trinajstić information content (AvgIpc) is 2.54. The summed E-state index contributed by atoms with van der Waals surface area (Å²) in [6.45, 7) is 0. The third-order valence-corrected chi connectivity index (χ3v) is 5.17. The van der Waals surface area contributed by atoms with Gasteiger partial charge >= 0.3 is 0 Å². The van der Waals surface area contributed by atoms with E-state index in [1.807, 2.05) is 18.2 Å². The quantitative estimate of drug-likeness (QED) is 0.750. The van der Waals surface area contributed by atoms with Crippen molar-refractivity contribution in [1.82, 2.24) is 4.98 Å². The zero-order valence-electron chi connectivity index (χ0n) is 11.7. The van der Waals surface area contributed by atoms with Crippen LogP contribution in [0.5, 0.6) is 5.75 Å². The van der Waals surface area contributed by atoms with Crippen LogP contribution in [0, 0.1) is 0 Å². The summed E-state index contributed by atoms with van der Waals surface area (Å²) in [5.74, 6) is 0.616. The van der Waals surface area contributed by atoms with Crippen LogP contribution in [0.3, 0.4) is 0 Å². The molecule has 0 aliphatic carbocycles. The Morgan fingerprint density at radius 1 is 1.14 bits per heavy atom. The lowest BCUT2D eigenvalue weighted by molar-refractivity contribution is 0.417. The molecule has 0 bridgehead atoms. The van der Waals surface area contributed by atoms with Gasteiger partial charge in [-0.25, -0.2) is 8.42 Å². The maximum Gasteiger partial charge on any atom is 0.262 e. The predicted molar refractivity (Wildman–Crippen MR) is 84.5 cm³/mol. The summed E-state index contributed by atoms with van der Waals surface area (Å²) in [6, 6.07) is 12.4. The number of fused-ring (bicyclic) bond motifs is 5. The van der Waals surface area contributed by atoms with E-state index in [4.69, 9.17) is 4.74 Å². The van der Waals surface area contributed by atoms with Crippen molar-refractivity contribution in [2.75, 3.05) is 11.8 Å². The molecule has 110 valence electrons. The Balaban J connectivity index is 2.22. The van der Waals surface area contributed by atoms with Crippen LogP contribution in [-0.4, -0.2) is 20.5 Å². The second-order valence-electron chi connectivity index (χ2n) is 5.01. The summed E-state index contributed by atoms with van der Waals surface area (Å²) >= 11 is 0. The minimum absolute atomic E-state index is 0.246. The summed E-state index contributed by atoms with van der Waals surface area (Å²) in [5.41, 5.74) is 2.42. The number of nitrogens with one attached hydrogen (secondary N) is 1. The van der Waals surface area contributed by atoms with Gasteiger partial charge in [-0.1, -0.05) is 24.3 Å². The molecule has 0 amide bonds. The molecule has 0 saturated heterocycles. The lowest BCUT2D eigenvalue weighted by Crippen LogP contribution is -2.19. The zero-order valence-corrected chi connectivity index (χ0v) is 12.5. The molecule has 0 atom stereocenters. The Morgan fingerprint density at radius 3 is 2.77 bits per heavy atom. The first-order chi connectivity index (χ1) is 10.6. The van der Waals surface area contributed by atoms with Gasteiger partial charge in [-0.15, -0.1) is 0 Å². The Bertz CT molecular complexity index is 1010. The molecule has 1 aliphatic heterocycles. The van der Waals surface area contributed by atoms with Crippen molar-refractivity contribution in [3.05, 3.63) is 48.7 Å². The van der Waals surface area contributed by atoms with Crippen molar-refractivity contribution >= 4 is 26.6 Å². The molecule has 4 rings (SSSR count). The second kappa shape index (κ2) is 4.45. The van der Waals surface area contributed by atoms with Crippen molar-refractivity contribution in [3.63, 3.8) is 0 Å². The van der Waals surface area contributed by atoms with E-state index in [9.17, 15) is 8.42 Å². The van der Waals surface area contributed by atoms with E-state index in [1.54, 1.807) is 37.6 Å². The average molecular weight is 312 g/mol. The van der Waals surface area contributed by atoms with Gasteiger partial charge in [0.2, 0.25) is 0 Å². The van der Waals surface area contributed by atoms with E-state index in [0.717, 1.165) is 10.9 Å². The summed E-state index contributed by atoms with van der Waals surface area (Å²) in [7, 11) is -2.04. The van der Waals surface area contributed by atoms with Gasteiger partial charge in [0, 0.05) is 17.1 Å². The molecule has 6 heteroatoms. The van der Waals surface area contributed by atoms with Gasteiger partial charge in [0.15, 0.2) is 0 Å². The molecule has 22 heavy (non-hydrogen) atoms. The molecule has 1 aliphatic rings. The Kier molecular flexibility index (Phi) is 2.65. The highest BCUT2D eigenvalue weighted by molar-refractivity contribution is 7.93. The third-order valence-electron chi connectivity index (χ3n) is 3.76. The Labute approximate surface area is 127 Å². The lowest BCUT2D eigenvalue weighted by atomic mass is 9.99. The topological polar surface area (TPSA) is 68.3 Å². The fourth-order valence-electron chi connectivity index (χ4n) is 2.82. The Hall–Kier alpha value is -2.60. The number of benzene rings is 2. The summed E-state index contributed by atoms with van der Waals surface area (Å²) in [5, 5.41) is 0.820. The minimum Gasteiger partial charge on any atom is -0.496 e. The van der Waals surface area contributed by atoms with Crippen molar-refractivity contribution in [1.29, 1.82) is 0 Å². The molecule has 0 unspecified atom stereocenters. The third kappa shape index (κ3) is 1.70. The number of nitrogens with zero attached hydrogens (tertiary/aromatic N) is 1. The molecule has 0 fully saturated rings. The molecule has 0 spiro atoms. The number of sulfonamides is 1. The first-order valence-electron chi connectivity index (χ1n) is 6.70. The molecular formula is C16H12N2O3S. The molecule has 2 aromatic carbocycles. The van der Waals surface area contributed by atoms with Crippen molar-refractivity contribution in [2.24, 2.45) is 0 Å². The molecule has 1 N–H and O–H groups in total. The standard InChI is InChI=1S/C16H12N2O3S/c1-21-12-9-10-5-4-8-17-15(10)16-14(12)11-6-2-3-7-13(11)22(19,20)18-16/h2-9,18H,1H3. The van der Waals surface area contributed by atoms with Crippen molar-refractivity contribution in [2.45, 2.75) is 4.90 Å². The van der Waals surface area contributed by atoms with E-state index in [-0.39, 0.29) is 4.90 Å². The van der Waals surface area contributed by atoms with Crippen LogP contribution < -0.4 is 9.46 Å². The molecular weight excluding hydrogens is 300 g/mol. The van der Waals surface area contributed by atoms with Crippen LogP contribution in [0.15, 0.2) is 53.6 Å². The number of hydrogen-bond donors (Lipinski definition) is 1. The Morgan fingerprint density at radius 2 is 1.95 bits per heavy atom. The summed E-state index contributed by atoms with van der Waals surface area (Å²) in [6.07, 6.45) is 1.64. The van der Waals surface area contributed by atoms with Gasteiger partial charge in [0.1, 0.15) is 5.75 Å². The van der Waals surface area contributed by atoms with Gasteiger partial charge in [-0.05, 0) is 18.2 Å². The number of aromatic nitrogens is 1. The fraction of sp³-hybridized carbons (Fsp3) is 0.0625. The van der Waals surface area contributed by atoms with Crippen molar-refractivity contribution < 1.29 is 13.2 Å². The van der Waals surface area contributed by atoms with Crippen molar-refractivity contribution in [3.8, 4) is 16.9 Å². The first-order valence-corrected chi connectivity index (χ1v) is 8.18. The van der Waals surface area contributed by atoms with Gasteiger partial charge in [-0.2, -0.15) is 0 Å². The highest BCUT2D eigenvalue weighted by Gasteiger charge is 2.31. The van der Waals surface area contributed by atoms with Gasteiger partial charge in [0.25, 0.3) is 10.0 Å². The second-order valence-corrected chi connectivity index (χ2v) is 6.66. The van der Waals surface area contributed by atoms with E-state index in [2.05, 4.69) is 9.71 Å². The largest absolute Gasteiger partial charge is 0.496 e. The molecule has 0 saturated carbocycles. The highest BCUT2D eigenvalue weighted by atomic mass is 32.2. The number of anilines is 1. The number of hydrogen-bond acceptors (Lipinski definition) is 4. The van der Waals surface area contributed by atoms with Crippen LogP contribution in [0.25, 0.3) is 22.0 Å². The molecule has 3 aromatic rings. The smallest absolute Gasteiger partial charge is 0.262 e. The first kappa shape index (κ1) is 13.1. The highest BCUT2D eigenvalue weighted by Crippen LogP contribution is 2.47.